The van der Waals surface area contributed by atoms with Crippen molar-refractivity contribution in [2.24, 2.45) is 0 Å². The van der Waals surface area contributed by atoms with E-state index in [1.807, 2.05) is 0 Å². The van der Waals surface area contributed by atoms with Gasteiger partial charge in [0.1, 0.15) is 11.2 Å². The molecule has 0 N–H and O–H groups in total. The second kappa shape index (κ2) is 14.6. The zero-order chi connectivity index (χ0) is 47.1. The molecule has 0 bridgehead atoms. The second-order valence-corrected chi connectivity index (χ2v) is 19.7. The summed E-state index contributed by atoms with van der Waals surface area (Å²) in [5, 5.41) is 0. The number of hydrogen-bond donors (Lipinski definition) is 0. The number of anilines is 3. The van der Waals surface area contributed by atoms with E-state index in [1.165, 1.54) is 89.0 Å². The van der Waals surface area contributed by atoms with E-state index < -0.39 is 10.8 Å². The number of rotatable bonds is 5. The van der Waals surface area contributed by atoms with Crippen LogP contribution in [0.2, 0.25) is 0 Å². The highest BCUT2D eigenvalue weighted by atomic mass is 15.2. The summed E-state index contributed by atoms with van der Waals surface area (Å²) in [6, 6.07) is 97.0. The van der Waals surface area contributed by atoms with Crippen LogP contribution in [0.3, 0.4) is 0 Å². The van der Waals surface area contributed by atoms with Crippen molar-refractivity contribution in [3.63, 3.8) is 0 Å². The molecule has 0 saturated heterocycles. The van der Waals surface area contributed by atoms with Crippen LogP contribution in [0.4, 0.5) is 17.1 Å². The SMILES string of the molecule is c1ccc(-c2ccc(N(c3cccc(-c4ccc5c(c4)C4(c6ccccc6-c6ccccc64)c4ccccc4-5)c3)c3cccc4c3C3(c5ccccc5-c5ccccc53)c3nc5ccccc5n3-4)cc2)cc1. The Hall–Kier alpha value is -9.31. The zero-order valence-corrected chi connectivity index (χ0v) is 39.2. The van der Waals surface area contributed by atoms with Gasteiger partial charge in [0.25, 0.3) is 0 Å². The molecule has 1 aliphatic heterocycles. The smallest absolute Gasteiger partial charge is 0.134 e. The molecule has 0 unspecified atom stereocenters. The molecule has 0 fully saturated rings. The standard InChI is InChI=1S/C69H43N3/c1-2-18-44(19-3-1)45-36-39-48(40-37-45)71(64-34-17-35-65-66(64)69(67-70-62-32-14-15-33-63(62)72(65)67)59-30-12-7-24-52(59)53-25-8-13-31-60(53)69)49-21-16-20-46(42-49)47-38-41-55-54-26-6-11-29-58(54)68(61(55)43-47)56-27-9-4-22-50(56)51-23-5-10-28-57(51)68/h1-43H. The summed E-state index contributed by atoms with van der Waals surface area (Å²) in [4.78, 5) is 8.14. The summed E-state index contributed by atoms with van der Waals surface area (Å²) in [7, 11) is 0. The van der Waals surface area contributed by atoms with Crippen LogP contribution in [0.15, 0.2) is 261 Å². The minimum atomic E-state index is -0.699. The first-order valence-electron chi connectivity index (χ1n) is 25.0. The molecular formula is C69H43N3. The summed E-state index contributed by atoms with van der Waals surface area (Å²) < 4.78 is 2.44. The number of fused-ring (bicyclic) bond motifs is 22. The Balaban J connectivity index is 0.941. The van der Waals surface area contributed by atoms with Gasteiger partial charge in [-0.05, 0) is 144 Å². The van der Waals surface area contributed by atoms with Crippen LogP contribution >= 0.6 is 0 Å². The van der Waals surface area contributed by atoms with E-state index in [1.54, 1.807) is 0 Å². The lowest BCUT2D eigenvalue weighted by Gasteiger charge is -2.34. The Labute approximate surface area is 418 Å². The number of para-hydroxylation sites is 2. The van der Waals surface area contributed by atoms with Crippen molar-refractivity contribution in [3.05, 3.63) is 306 Å². The predicted molar refractivity (Wildman–Crippen MR) is 294 cm³/mol. The van der Waals surface area contributed by atoms with Gasteiger partial charge >= 0.3 is 0 Å². The molecule has 3 aliphatic carbocycles. The van der Waals surface area contributed by atoms with Gasteiger partial charge in [0.15, 0.2) is 0 Å². The van der Waals surface area contributed by atoms with Gasteiger partial charge in [-0.25, -0.2) is 4.98 Å². The Morgan fingerprint density at radius 1 is 0.319 bits per heavy atom. The maximum Gasteiger partial charge on any atom is 0.134 e. The van der Waals surface area contributed by atoms with E-state index in [-0.39, 0.29) is 0 Å². The first-order chi connectivity index (χ1) is 35.7. The van der Waals surface area contributed by atoms with E-state index in [0.29, 0.717) is 0 Å². The fourth-order valence-electron chi connectivity index (χ4n) is 13.6. The molecule has 11 aromatic carbocycles. The van der Waals surface area contributed by atoms with Crippen LogP contribution in [0.1, 0.15) is 44.8 Å². The third-order valence-electron chi connectivity index (χ3n) is 16.4. The fraction of sp³-hybridized carbons (Fsp3) is 0.0290. The van der Waals surface area contributed by atoms with Crippen LogP contribution < -0.4 is 4.90 Å². The first-order valence-corrected chi connectivity index (χ1v) is 25.0. The summed E-state index contributed by atoms with van der Waals surface area (Å²) in [6.45, 7) is 0. The highest BCUT2D eigenvalue weighted by Crippen LogP contribution is 2.65. The van der Waals surface area contributed by atoms with Gasteiger partial charge in [-0.3, -0.25) is 4.57 Å². The largest absolute Gasteiger partial charge is 0.310 e. The lowest BCUT2D eigenvalue weighted by atomic mass is 9.70. The van der Waals surface area contributed by atoms with Crippen molar-refractivity contribution in [2.75, 3.05) is 4.90 Å². The third kappa shape index (κ3) is 5.01. The van der Waals surface area contributed by atoms with Gasteiger partial charge in [-0.15, -0.1) is 0 Å². The predicted octanol–water partition coefficient (Wildman–Crippen LogP) is 16.8. The number of nitrogens with zero attached hydrogens (tertiary/aromatic N) is 3. The van der Waals surface area contributed by atoms with Crippen molar-refractivity contribution in [1.29, 1.82) is 0 Å². The number of aromatic nitrogens is 2. The molecule has 2 heterocycles. The molecule has 0 radical (unpaired) electrons. The monoisotopic (exact) mass is 913 g/mol. The molecule has 12 aromatic rings. The molecule has 16 rings (SSSR count). The first kappa shape index (κ1) is 39.5. The maximum absolute atomic E-state index is 5.63. The molecular weight excluding hydrogens is 871 g/mol. The Morgan fingerprint density at radius 3 is 1.42 bits per heavy atom. The summed E-state index contributed by atoms with van der Waals surface area (Å²) >= 11 is 0. The summed E-state index contributed by atoms with van der Waals surface area (Å²) in [5.74, 6) is 1.03. The highest BCUT2D eigenvalue weighted by Gasteiger charge is 2.56. The fourth-order valence-corrected chi connectivity index (χ4v) is 13.6. The Bertz CT molecular complexity index is 4130. The maximum atomic E-state index is 5.63. The molecule has 0 saturated carbocycles. The minimum absolute atomic E-state index is 0.430. The topological polar surface area (TPSA) is 21.1 Å². The Kier molecular flexibility index (Phi) is 8.02. The molecule has 3 heteroatoms. The number of benzene rings is 11. The van der Waals surface area contributed by atoms with E-state index in [9.17, 15) is 0 Å². The third-order valence-corrected chi connectivity index (χ3v) is 16.4. The molecule has 1 aromatic heterocycles. The minimum Gasteiger partial charge on any atom is -0.310 e. The van der Waals surface area contributed by atoms with Gasteiger partial charge in [0.05, 0.1) is 27.8 Å². The van der Waals surface area contributed by atoms with Crippen molar-refractivity contribution < 1.29 is 0 Å². The van der Waals surface area contributed by atoms with Gasteiger partial charge < -0.3 is 4.90 Å². The molecule has 2 spiro atoms. The van der Waals surface area contributed by atoms with Gasteiger partial charge in [0.2, 0.25) is 0 Å². The summed E-state index contributed by atoms with van der Waals surface area (Å²) in [5.41, 5.74) is 26.9. The quantitative estimate of drug-likeness (QED) is 0.172. The average molecular weight is 914 g/mol. The molecule has 0 amide bonds. The Morgan fingerprint density at radius 2 is 0.792 bits per heavy atom. The van der Waals surface area contributed by atoms with Gasteiger partial charge in [-0.1, -0.05) is 206 Å². The van der Waals surface area contributed by atoms with Crippen LogP contribution in [-0.4, -0.2) is 9.55 Å². The van der Waals surface area contributed by atoms with E-state index in [4.69, 9.17) is 4.98 Å². The van der Waals surface area contributed by atoms with Crippen molar-refractivity contribution >= 4 is 28.1 Å². The molecule has 334 valence electrons. The van der Waals surface area contributed by atoms with Gasteiger partial charge in [0, 0.05) is 16.9 Å². The number of hydrogen-bond acceptors (Lipinski definition) is 2. The van der Waals surface area contributed by atoms with E-state index in [0.717, 1.165) is 45.2 Å². The van der Waals surface area contributed by atoms with Crippen LogP contribution in [0, 0.1) is 0 Å². The van der Waals surface area contributed by atoms with Gasteiger partial charge in [-0.2, -0.15) is 0 Å². The molecule has 0 atom stereocenters. The number of imidazole rings is 1. The van der Waals surface area contributed by atoms with Crippen molar-refractivity contribution in [1.82, 2.24) is 9.55 Å². The summed E-state index contributed by atoms with van der Waals surface area (Å²) in [6.07, 6.45) is 0. The molecule has 4 aliphatic rings. The average Bonchev–Trinajstić information content (AvgIpc) is 4.23. The lowest BCUT2D eigenvalue weighted by molar-refractivity contribution is 0.738. The second-order valence-electron chi connectivity index (χ2n) is 19.7. The van der Waals surface area contributed by atoms with Crippen LogP contribution in [0.5, 0.6) is 0 Å². The van der Waals surface area contributed by atoms with Crippen LogP contribution in [0.25, 0.3) is 72.4 Å². The van der Waals surface area contributed by atoms with E-state index >= 15 is 0 Å². The lowest BCUT2D eigenvalue weighted by Crippen LogP contribution is -2.29. The van der Waals surface area contributed by atoms with Crippen LogP contribution in [-0.2, 0) is 10.8 Å². The van der Waals surface area contributed by atoms with Crippen molar-refractivity contribution in [2.45, 2.75) is 10.8 Å². The molecule has 72 heavy (non-hydrogen) atoms. The van der Waals surface area contributed by atoms with Crippen molar-refractivity contribution in [3.8, 4) is 61.3 Å². The highest BCUT2D eigenvalue weighted by molar-refractivity contribution is 5.98. The zero-order valence-electron chi connectivity index (χ0n) is 39.2. The normalized spacial score (nSPS) is 14.1. The van der Waals surface area contributed by atoms with E-state index in [2.05, 4.69) is 270 Å². The molecule has 3 nitrogen and oxygen atoms in total.